The summed E-state index contributed by atoms with van der Waals surface area (Å²) in [6, 6.07) is 3.62. The van der Waals surface area contributed by atoms with Gasteiger partial charge in [0.25, 0.3) is 0 Å². The third-order valence-corrected chi connectivity index (χ3v) is 6.00. The number of fused-ring (bicyclic) bond motifs is 1. The summed E-state index contributed by atoms with van der Waals surface area (Å²) in [5, 5.41) is 8.36. The van der Waals surface area contributed by atoms with Crippen molar-refractivity contribution < 1.29 is 13.2 Å². The van der Waals surface area contributed by atoms with Crippen molar-refractivity contribution in [3.8, 4) is 0 Å². The summed E-state index contributed by atoms with van der Waals surface area (Å²) in [6.45, 7) is 5.63. The lowest BCUT2D eigenvalue weighted by Crippen LogP contribution is -2.61. The number of hydrogen-bond donors (Lipinski definition) is 1. The summed E-state index contributed by atoms with van der Waals surface area (Å²) in [5.41, 5.74) is 0.868. The SMILES string of the molecule is CCS(=O)(=O)N[C@@H]1CN(c2ccc(C)nn2)C[C@@H]2CCCO[C@@H]21. The Kier molecular flexibility index (Phi) is 4.84. The van der Waals surface area contributed by atoms with Crippen molar-refractivity contribution >= 4 is 15.8 Å². The number of aryl methyl sites for hydroxylation is 1. The Balaban J connectivity index is 1.82. The van der Waals surface area contributed by atoms with Crippen molar-refractivity contribution in [2.24, 2.45) is 5.92 Å². The molecule has 23 heavy (non-hydrogen) atoms. The maximum atomic E-state index is 12.0. The van der Waals surface area contributed by atoms with Gasteiger partial charge in [0.05, 0.1) is 23.6 Å². The first-order chi connectivity index (χ1) is 11.0. The lowest BCUT2D eigenvalue weighted by Gasteiger charge is -2.46. The minimum atomic E-state index is -3.27. The molecular weight excluding hydrogens is 316 g/mol. The average Bonchev–Trinajstić information content (AvgIpc) is 2.55. The van der Waals surface area contributed by atoms with E-state index in [2.05, 4.69) is 19.8 Å². The lowest BCUT2D eigenvalue weighted by atomic mass is 9.86. The highest BCUT2D eigenvalue weighted by Crippen LogP contribution is 2.30. The number of sulfonamides is 1. The second kappa shape index (κ2) is 6.70. The van der Waals surface area contributed by atoms with Crippen molar-refractivity contribution in [1.82, 2.24) is 14.9 Å². The molecule has 1 N–H and O–H groups in total. The third kappa shape index (κ3) is 3.81. The Hall–Kier alpha value is -1.25. The van der Waals surface area contributed by atoms with Crippen LogP contribution >= 0.6 is 0 Å². The van der Waals surface area contributed by atoms with E-state index >= 15 is 0 Å². The maximum Gasteiger partial charge on any atom is 0.211 e. The van der Waals surface area contributed by atoms with Gasteiger partial charge in [-0.1, -0.05) is 0 Å². The molecule has 0 aliphatic carbocycles. The first-order valence-corrected chi connectivity index (χ1v) is 9.80. The first kappa shape index (κ1) is 16.6. The molecule has 0 bridgehead atoms. The van der Waals surface area contributed by atoms with Crippen LogP contribution in [0.3, 0.4) is 0 Å². The van der Waals surface area contributed by atoms with E-state index in [0.717, 1.165) is 30.9 Å². The summed E-state index contributed by atoms with van der Waals surface area (Å²) in [6.07, 6.45) is 2.01. The van der Waals surface area contributed by atoms with Gasteiger partial charge < -0.3 is 9.64 Å². The van der Waals surface area contributed by atoms with Crippen LogP contribution in [0.2, 0.25) is 0 Å². The quantitative estimate of drug-likeness (QED) is 0.869. The van der Waals surface area contributed by atoms with E-state index in [-0.39, 0.29) is 17.9 Å². The Labute approximate surface area is 137 Å². The van der Waals surface area contributed by atoms with Gasteiger partial charge in [-0.25, -0.2) is 13.1 Å². The van der Waals surface area contributed by atoms with Crippen LogP contribution in [0, 0.1) is 12.8 Å². The molecule has 8 heteroatoms. The van der Waals surface area contributed by atoms with Gasteiger partial charge in [-0.2, -0.15) is 5.10 Å². The monoisotopic (exact) mass is 340 g/mol. The van der Waals surface area contributed by atoms with Crippen LogP contribution in [-0.2, 0) is 14.8 Å². The molecule has 2 fully saturated rings. The number of hydrogen-bond acceptors (Lipinski definition) is 6. The highest BCUT2D eigenvalue weighted by molar-refractivity contribution is 7.89. The van der Waals surface area contributed by atoms with E-state index in [1.165, 1.54) is 0 Å². The normalized spacial score (nSPS) is 28.4. The fourth-order valence-corrected chi connectivity index (χ4v) is 4.21. The molecular formula is C15H24N4O3S. The fraction of sp³-hybridized carbons (Fsp3) is 0.733. The number of anilines is 1. The van der Waals surface area contributed by atoms with Crippen LogP contribution in [0.5, 0.6) is 0 Å². The molecule has 0 aromatic carbocycles. The van der Waals surface area contributed by atoms with E-state index in [1.54, 1.807) is 6.92 Å². The minimum absolute atomic E-state index is 0.0558. The van der Waals surface area contributed by atoms with Crippen molar-refractivity contribution in [1.29, 1.82) is 0 Å². The number of ether oxygens (including phenoxy) is 1. The smallest absolute Gasteiger partial charge is 0.211 e. The Morgan fingerprint density at radius 2 is 2.17 bits per heavy atom. The molecule has 3 atom stereocenters. The van der Waals surface area contributed by atoms with Crippen molar-refractivity contribution in [3.63, 3.8) is 0 Å². The molecule has 2 saturated heterocycles. The zero-order valence-corrected chi connectivity index (χ0v) is 14.4. The minimum Gasteiger partial charge on any atom is -0.376 e. The van der Waals surface area contributed by atoms with E-state index in [0.29, 0.717) is 19.1 Å². The number of aromatic nitrogens is 2. The summed E-state index contributed by atoms with van der Waals surface area (Å²) < 4.78 is 32.7. The topological polar surface area (TPSA) is 84.4 Å². The number of nitrogens with zero attached hydrogens (tertiary/aromatic N) is 3. The van der Waals surface area contributed by atoms with Gasteiger partial charge >= 0.3 is 0 Å². The molecule has 0 unspecified atom stereocenters. The van der Waals surface area contributed by atoms with Gasteiger partial charge in [-0.15, -0.1) is 5.10 Å². The predicted molar refractivity (Wildman–Crippen MR) is 87.8 cm³/mol. The van der Waals surface area contributed by atoms with E-state index in [1.807, 2.05) is 19.1 Å². The Bertz CT molecular complexity index is 635. The second-order valence-corrected chi connectivity index (χ2v) is 8.35. The summed E-state index contributed by atoms with van der Waals surface area (Å²) in [7, 11) is -3.27. The van der Waals surface area contributed by atoms with Crippen LogP contribution in [0.1, 0.15) is 25.5 Å². The highest BCUT2D eigenvalue weighted by atomic mass is 32.2. The van der Waals surface area contributed by atoms with E-state index in [9.17, 15) is 8.42 Å². The van der Waals surface area contributed by atoms with Crippen LogP contribution in [0.25, 0.3) is 0 Å². The van der Waals surface area contributed by atoms with Crippen LogP contribution in [0.4, 0.5) is 5.82 Å². The van der Waals surface area contributed by atoms with Crippen LogP contribution in [-0.4, -0.2) is 56.2 Å². The average molecular weight is 340 g/mol. The fourth-order valence-electron chi connectivity index (χ4n) is 3.37. The molecule has 1 aromatic heterocycles. The lowest BCUT2D eigenvalue weighted by molar-refractivity contribution is -0.0495. The highest BCUT2D eigenvalue weighted by Gasteiger charge is 2.41. The predicted octanol–water partition coefficient (Wildman–Crippen LogP) is 0.708. The Morgan fingerprint density at radius 1 is 1.35 bits per heavy atom. The van der Waals surface area contributed by atoms with Gasteiger partial charge in [0.1, 0.15) is 0 Å². The summed E-state index contributed by atoms with van der Waals surface area (Å²) >= 11 is 0. The zero-order valence-electron chi connectivity index (χ0n) is 13.6. The molecule has 0 radical (unpaired) electrons. The number of rotatable bonds is 4. The molecule has 7 nitrogen and oxygen atoms in total. The van der Waals surface area contributed by atoms with Crippen molar-refractivity contribution in [2.75, 3.05) is 30.3 Å². The number of nitrogens with one attached hydrogen (secondary N) is 1. The standard InChI is InChI=1S/C15H24N4O3S/c1-3-23(20,21)18-13-10-19(14-7-6-11(2)16-17-14)9-12-5-4-8-22-15(12)13/h6-7,12-13,15,18H,3-5,8-10H2,1-2H3/t12-,13+,15-/m0/s1. The Morgan fingerprint density at radius 3 is 2.87 bits per heavy atom. The van der Waals surface area contributed by atoms with Gasteiger partial charge in [0, 0.05) is 25.6 Å². The molecule has 3 heterocycles. The third-order valence-electron chi connectivity index (χ3n) is 4.58. The zero-order chi connectivity index (χ0) is 16.4. The van der Waals surface area contributed by atoms with E-state index < -0.39 is 10.0 Å². The molecule has 128 valence electrons. The molecule has 0 spiro atoms. The van der Waals surface area contributed by atoms with Gasteiger partial charge in [0.15, 0.2) is 5.82 Å². The summed E-state index contributed by atoms with van der Waals surface area (Å²) in [5.74, 6) is 1.18. The van der Waals surface area contributed by atoms with E-state index in [4.69, 9.17) is 4.74 Å². The molecule has 2 aliphatic heterocycles. The summed E-state index contributed by atoms with van der Waals surface area (Å²) in [4.78, 5) is 2.12. The van der Waals surface area contributed by atoms with Crippen molar-refractivity contribution in [3.05, 3.63) is 17.8 Å². The second-order valence-electron chi connectivity index (χ2n) is 6.30. The van der Waals surface area contributed by atoms with Crippen LogP contribution < -0.4 is 9.62 Å². The molecule has 0 saturated carbocycles. The van der Waals surface area contributed by atoms with Gasteiger partial charge in [-0.05, 0) is 38.8 Å². The largest absolute Gasteiger partial charge is 0.376 e. The molecule has 1 aromatic rings. The first-order valence-electron chi connectivity index (χ1n) is 8.15. The molecule has 3 rings (SSSR count). The van der Waals surface area contributed by atoms with Gasteiger partial charge in [-0.3, -0.25) is 0 Å². The molecule has 0 amide bonds. The van der Waals surface area contributed by atoms with Crippen LogP contribution in [0.15, 0.2) is 12.1 Å². The number of piperidine rings is 1. The maximum absolute atomic E-state index is 12.0. The molecule has 2 aliphatic rings. The van der Waals surface area contributed by atoms with Crippen molar-refractivity contribution in [2.45, 2.75) is 38.8 Å². The van der Waals surface area contributed by atoms with Gasteiger partial charge in [0.2, 0.25) is 10.0 Å².